The summed E-state index contributed by atoms with van der Waals surface area (Å²) in [5.41, 5.74) is 0.936. The molecule has 1 aliphatic rings. The summed E-state index contributed by atoms with van der Waals surface area (Å²) >= 11 is 5.89. The molecule has 5 heteroatoms. The van der Waals surface area contributed by atoms with Gasteiger partial charge in [0.1, 0.15) is 12.4 Å². The van der Waals surface area contributed by atoms with Gasteiger partial charge in [-0.1, -0.05) is 11.6 Å². The Morgan fingerprint density at radius 3 is 3.12 bits per heavy atom. The molecule has 0 aromatic heterocycles. The Morgan fingerprint density at radius 1 is 1.56 bits per heavy atom. The fourth-order valence-electron chi connectivity index (χ4n) is 1.74. The number of aliphatic carboxylic acids is 1. The molecule has 0 atom stereocenters. The maximum Gasteiger partial charge on any atom is 0.317 e. The zero-order valence-corrected chi connectivity index (χ0v) is 9.41. The molecule has 1 aliphatic heterocycles. The molecule has 2 rings (SSSR count). The number of carbonyl (C=O) groups is 1. The number of fused-ring (bicyclic) bond motifs is 1. The molecular weight excluding hydrogens is 230 g/mol. The zero-order valence-electron chi connectivity index (χ0n) is 8.65. The van der Waals surface area contributed by atoms with E-state index in [1.54, 1.807) is 6.07 Å². The third-order valence-electron chi connectivity index (χ3n) is 2.44. The van der Waals surface area contributed by atoms with E-state index >= 15 is 0 Å². The Hall–Kier alpha value is -1.26. The van der Waals surface area contributed by atoms with E-state index in [4.69, 9.17) is 21.4 Å². The van der Waals surface area contributed by atoms with Crippen molar-refractivity contribution in [3.63, 3.8) is 0 Å². The highest BCUT2D eigenvalue weighted by molar-refractivity contribution is 6.30. The van der Waals surface area contributed by atoms with Gasteiger partial charge in [0.2, 0.25) is 0 Å². The van der Waals surface area contributed by atoms with Gasteiger partial charge < -0.3 is 9.84 Å². The zero-order chi connectivity index (χ0) is 11.5. The molecule has 0 saturated carbocycles. The lowest BCUT2D eigenvalue weighted by Gasteiger charge is -2.16. The molecule has 86 valence electrons. The van der Waals surface area contributed by atoms with E-state index in [0.717, 1.165) is 11.3 Å². The van der Waals surface area contributed by atoms with Crippen molar-refractivity contribution in [1.29, 1.82) is 0 Å². The number of benzene rings is 1. The van der Waals surface area contributed by atoms with Gasteiger partial charge in [-0.25, -0.2) is 0 Å². The number of ether oxygens (including phenoxy) is 1. The Bertz CT molecular complexity index is 408. The van der Waals surface area contributed by atoms with Crippen LogP contribution in [0.4, 0.5) is 0 Å². The largest absolute Gasteiger partial charge is 0.492 e. The molecule has 1 heterocycles. The van der Waals surface area contributed by atoms with Crippen LogP contribution in [0.5, 0.6) is 5.75 Å². The predicted octanol–water partition coefficient (Wildman–Crippen LogP) is 1.62. The molecule has 1 N–H and O–H groups in total. The van der Waals surface area contributed by atoms with Gasteiger partial charge in [-0.15, -0.1) is 0 Å². The summed E-state index contributed by atoms with van der Waals surface area (Å²) in [6.45, 7) is 1.69. The minimum atomic E-state index is -0.828. The summed E-state index contributed by atoms with van der Waals surface area (Å²) in [6.07, 6.45) is 0. The average molecular weight is 242 g/mol. The molecule has 0 aliphatic carbocycles. The van der Waals surface area contributed by atoms with E-state index < -0.39 is 5.97 Å². The monoisotopic (exact) mass is 241 g/mol. The highest BCUT2D eigenvalue weighted by atomic mass is 35.5. The van der Waals surface area contributed by atoms with E-state index in [9.17, 15) is 4.79 Å². The van der Waals surface area contributed by atoms with Crippen LogP contribution in [0.1, 0.15) is 5.56 Å². The highest BCUT2D eigenvalue weighted by Crippen LogP contribution is 2.26. The average Bonchev–Trinajstić information content (AvgIpc) is 2.37. The maximum atomic E-state index is 10.7. The molecule has 0 amide bonds. The topological polar surface area (TPSA) is 49.8 Å². The predicted molar refractivity (Wildman–Crippen MR) is 59.9 cm³/mol. The van der Waals surface area contributed by atoms with Crippen LogP contribution in [0.25, 0.3) is 0 Å². The lowest BCUT2D eigenvalue weighted by Crippen LogP contribution is -2.31. The van der Waals surface area contributed by atoms with Crippen LogP contribution in [0, 0.1) is 0 Å². The molecule has 1 aromatic rings. The third-order valence-corrected chi connectivity index (χ3v) is 2.68. The van der Waals surface area contributed by atoms with E-state index in [2.05, 4.69) is 0 Å². The molecule has 0 radical (unpaired) electrons. The minimum absolute atomic E-state index is 0.0231. The van der Waals surface area contributed by atoms with E-state index in [0.29, 0.717) is 24.7 Å². The highest BCUT2D eigenvalue weighted by Gasteiger charge is 2.17. The van der Waals surface area contributed by atoms with Gasteiger partial charge >= 0.3 is 5.97 Å². The fraction of sp³-hybridized carbons (Fsp3) is 0.364. The van der Waals surface area contributed by atoms with Crippen molar-refractivity contribution >= 4 is 17.6 Å². The summed E-state index contributed by atoms with van der Waals surface area (Å²) < 4.78 is 5.52. The van der Waals surface area contributed by atoms with Gasteiger partial charge in [0, 0.05) is 23.7 Å². The molecule has 0 saturated heterocycles. The number of nitrogens with zero attached hydrogens (tertiary/aromatic N) is 1. The Morgan fingerprint density at radius 2 is 2.38 bits per heavy atom. The first-order valence-corrected chi connectivity index (χ1v) is 5.38. The first kappa shape index (κ1) is 11.2. The lowest BCUT2D eigenvalue weighted by molar-refractivity contribution is -0.138. The molecule has 16 heavy (non-hydrogen) atoms. The van der Waals surface area contributed by atoms with E-state index in [1.807, 2.05) is 17.0 Å². The van der Waals surface area contributed by atoms with Crippen LogP contribution in [0.2, 0.25) is 5.02 Å². The second kappa shape index (κ2) is 4.72. The van der Waals surface area contributed by atoms with E-state index in [-0.39, 0.29) is 6.54 Å². The van der Waals surface area contributed by atoms with Crippen LogP contribution >= 0.6 is 11.6 Å². The van der Waals surface area contributed by atoms with Crippen molar-refractivity contribution in [2.75, 3.05) is 19.7 Å². The quantitative estimate of drug-likeness (QED) is 0.855. The number of carboxylic acid groups (broad SMARTS) is 1. The summed E-state index contributed by atoms with van der Waals surface area (Å²) in [5.74, 6) is -0.0391. The van der Waals surface area contributed by atoms with Crippen LogP contribution in [0.15, 0.2) is 18.2 Å². The van der Waals surface area contributed by atoms with Gasteiger partial charge in [-0.3, -0.25) is 9.69 Å². The molecule has 0 unspecified atom stereocenters. The Kier molecular flexibility index (Phi) is 3.31. The second-order valence-electron chi connectivity index (χ2n) is 3.70. The first-order valence-electron chi connectivity index (χ1n) is 5.00. The van der Waals surface area contributed by atoms with Crippen LogP contribution in [-0.4, -0.2) is 35.7 Å². The van der Waals surface area contributed by atoms with Crippen molar-refractivity contribution in [3.8, 4) is 5.75 Å². The SMILES string of the molecule is O=C(O)CN1CCOc2ccc(Cl)cc2C1. The smallest absolute Gasteiger partial charge is 0.317 e. The Labute approximate surface area is 98.4 Å². The second-order valence-corrected chi connectivity index (χ2v) is 4.14. The van der Waals surface area contributed by atoms with Crippen molar-refractivity contribution in [1.82, 2.24) is 4.90 Å². The molecule has 0 spiro atoms. The number of hydrogen-bond donors (Lipinski definition) is 1. The van der Waals surface area contributed by atoms with Gasteiger partial charge in [-0.2, -0.15) is 0 Å². The fourth-order valence-corrected chi connectivity index (χ4v) is 1.94. The summed E-state index contributed by atoms with van der Waals surface area (Å²) in [4.78, 5) is 12.5. The normalized spacial score (nSPS) is 16.1. The van der Waals surface area contributed by atoms with Gasteiger partial charge in [0.05, 0.1) is 6.54 Å². The van der Waals surface area contributed by atoms with Crippen molar-refractivity contribution in [3.05, 3.63) is 28.8 Å². The number of hydrogen-bond acceptors (Lipinski definition) is 3. The first-order chi connectivity index (χ1) is 7.65. The summed E-state index contributed by atoms with van der Waals surface area (Å²) in [7, 11) is 0. The summed E-state index contributed by atoms with van der Waals surface area (Å²) in [5, 5.41) is 9.39. The third kappa shape index (κ3) is 2.65. The molecular formula is C11H12ClNO3. The Balaban J connectivity index is 2.19. The number of halogens is 1. The van der Waals surface area contributed by atoms with Crippen molar-refractivity contribution in [2.24, 2.45) is 0 Å². The van der Waals surface area contributed by atoms with Crippen molar-refractivity contribution in [2.45, 2.75) is 6.54 Å². The number of rotatable bonds is 2. The molecule has 0 fully saturated rings. The van der Waals surface area contributed by atoms with Crippen molar-refractivity contribution < 1.29 is 14.6 Å². The molecule has 4 nitrogen and oxygen atoms in total. The van der Waals surface area contributed by atoms with Gasteiger partial charge in [0.15, 0.2) is 0 Å². The van der Waals surface area contributed by atoms with Crippen LogP contribution in [-0.2, 0) is 11.3 Å². The van der Waals surface area contributed by atoms with E-state index in [1.165, 1.54) is 0 Å². The maximum absolute atomic E-state index is 10.7. The lowest BCUT2D eigenvalue weighted by atomic mass is 10.2. The van der Waals surface area contributed by atoms with Crippen LogP contribution < -0.4 is 4.74 Å². The van der Waals surface area contributed by atoms with Gasteiger partial charge in [-0.05, 0) is 18.2 Å². The molecule has 1 aromatic carbocycles. The van der Waals surface area contributed by atoms with Gasteiger partial charge in [0.25, 0.3) is 0 Å². The number of carboxylic acids is 1. The molecule has 0 bridgehead atoms. The summed E-state index contributed by atoms with van der Waals surface area (Å²) in [6, 6.07) is 5.41. The van der Waals surface area contributed by atoms with Crippen LogP contribution in [0.3, 0.4) is 0 Å². The standard InChI is InChI=1S/C11H12ClNO3/c12-9-1-2-10-8(5-9)6-13(3-4-16-10)7-11(14)15/h1-2,5H,3-4,6-7H2,(H,14,15). The minimum Gasteiger partial charge on any atom is -0.492 e.